The second kappa shape index (κ2) is 6.20. The van der Waals surface area contributed by atoms with Crippen molar-refractivity contribution in [3.05, 3.63) is 12.1 Å². The minimum absolute atomic E-state index is 0.649. The average Bonchev–Trinajstić information content (AvgIpc) is 2.35. The van der Waals surface area contributed by atoms with Crippen LogP contribution in [0.25, 0.3) is 0 Å². The zero-order valence-electron chi connectivity index (χ0n) is 10.9. The summed E-state index contributed by atoms with van der Waals surface area (Å²) in [4.78, 5) is 2.08. The topological polar surface area (TPSA) is 59.8 Å². The minimum Gasteiger partial charge on any atom is -0.493 e. The molecule has 0 fully saturated rings. The first-order valence-corrected chi connectivity index (χ1v) is 5.51. The summed E-state index contributed by atoms with van der Waals surface area (Å²) in [5.74, 6) is 1.34. The number of rotatable bonds is 6. The van der Waals surface area contributed by atoms with E-state index < -0.39 is 0 Å². The maximum Gasteiger partial charge on any atom is 0.162 e. The predicted molar refractivity (Wildman–Crippen MR) is 71.2 cm³/mol. The molecule has 0 aliphatic carbocycles. The molecule has 0 aliphatic heterocycles. The van der Waals surface area contributed by atoms with E-state index in [0.29, 0.717) is 17.2 Å². The van der Waals surface area contributed by atoms with Gasteiger partial charge in [0.05, 0.1) is 25.6 Å². The predicted octanol–water partition coefficient (Wildman–Crippen LogP) is 0.942. The van der Waals surface area contributed by atoms with E-state index in [1.807, 2.05) is 20.2 Å². The van der Waals surface area contributed by atoms with Crippen molar-refractivity contribution in [1.29, 1.82) is 0 Å². The van der Waals surface area contributed by atoms with Gasteiger partial charge < -0.3 is 25.4 Å². The standard InChI is InChI=1S/C12H21N3O2/c1-14-5-6-15(2)10-8-12(17-4)11(16-3)7-9(10)13/h7-8,14H,5-6,13H2,1-4H3. The molecule has 3 N–H and O–H groups in total. The number of anilines is 2. The highest BCUT2D eigenvalue weighted by molar-refractivity contribution is 5.72. The summed E-state index contributed by atoms with van der Waals surface area (Å²) in [7, 11) is 7.13. The number of methoxy groups -OCH3 is 2. The number of ether oxygens (including phenoxy) is 2. The van der Waals surface area contributed by atoms with Crippen LogP contribution in [0.15, 0.2) is 12.1 Å². The van der Waals surface area contributed by atoms with E-state index in [2.05, 4.69) is 10.2 Å². The molecule has 0 heterocycles. The lowest BCUT2D eigenvalue weighted by atomic mass is 10.2. The number of nitrogens with zero attached hydrogens (tertiary/aromatic N) is 1. The summed E-state index contributed by atoms with van der Waals surface area (Å²) in [5.41, 5.74) is 7.62. The Labute approximate surface area is 102 Å². The average molecular weight is 239 g/mol. The maximum absolute atomic E-state index is 6.00. The fourth-order valence-electron chi connectivity index (χ4n) is 1.61. The minimum atomic E-state index is 0.649. The van der Waals surface area contributed by atoms with Crippen LogP contribution >= 0.6 is 0 Å². The van der Waals surface area contributed by atoms with Crippen molar-refractivity contribution >= 4 is 11.4 Å². The Kier molecular flexibility index (Phi) is 4.90. The van der Waals surface area contributed by atoms with Crippen molar-refractivity contribution in [3.63, 3.8) is 0 Å². The van der Waals surface area contributed by atoms with Gasteiger partial charge in [-0.05, 0) is 7.05 Å². The van der Waals surface area contributed by atoms with Crippen LogP contribution in [0, 0.1) is 0 Å². The van der Waals surface area contributed by atoms with Crippen molar-refractivity contribution in [3.8, 4) is 11.5 Å². The van der Waals surface area contributed by atoms with Crippen LogP contribution in [-0.2, 0) is 0 Å². The van der Waals surface area contributed by atoms with Crippen molar-refractivity contribution in [2.75, 3.05) is 52.0 Å². The number of likely N-dealkylation sites (N-methyl/N-ethyl adjacent to an activating group) is 2. The van der Waals surface area contributed by atoms with Crippen molar-refractivity contribution < 1.29 is 9.47 Å². The highest BCUT2D eigenvalue weighted by Gasteiger charge is 2.11. The molecule has 0 saturated heterocycles. The normalized spacial score (nSPS) is 10.1. The monoisotopic (exact) mass is 239 g/mol. The molecule has 1 rings (SSSR count). The molecule has 5 heteroatoms. The molecule has 1 aromatic rings. The quantitative estimate of drug-likeness (QED) is 0.724. The molecule has 0 aromatic heterocycles. The molecule has 0 aliphatic rings. The van der Waals surface area contributed by atoms with Gasteiger partial charge in [0.1, 0.15) is 0 Å². The van der Waals surface area contributed by atoms with E-state index in [0.717, 1.165) is 18.8 Å². The van der Waals surface area contributed by atoms with Gasteiger partial charge in [-0.25, -0.2) is 0 Å². The van der Waals surface area contributed by atoms with Crippen LogP contribution in [0.4, 0.5) is 11.4 Å². The smallest absolute Gasteiger partial charge is 0.162 e. The van der Waals surface area contributed by atoms with E-state index in [1.54, 1.807) is 20.3 Å². The molecule has 0 amide bonds. The highest BCUT2D eigenvalue weighted by Crippen LogP contribution is 2.36. The summed E-state index contributed by atoms with van der Waals surface area (Å²) >= 11 is 0. The summed E-state index contributed by atoms with van der Waals surface area (Å²) in [6, 6.07) is 3.67. The molecule has 5 nitrogen and oxygen atoms in total. The molecular weight excluding hydrogens is 218 g/mol. The van der Waals surface area contributed by atoms with Gasteiger partial charge in [-0.15, -0.1) is 0 Å². The van der Waals surface area contributed by atoms with Crippen molar-refractivity contribution in [2.45, 2.75) is 0 Å². The van der Waals surface area contributed by atoms with Crippen LogP contribution in [0.1, 0.15) is 0 Å². The molecule has 96 valence electrons. The summed E-state index contributed by atoms with van der Waals surface area (Å²) < 4.78 is 10.5. The third kappa shape index (κ3) is 3.17. The van der Waals surface area contributed by atoms with Crippen LogP contribution in [0.5, 0.6) is 11.5 Å². The van der Waals surface area contributed by atoms with E-state index in [9.17, 15) is 0 Å². The van der Waals surface area contributed by atoms with E-state index in [4.69, 9.17) is 15.2 Å². The van der Waals surface area contributed by atoms with Crippen LogP contribution in [0.3, 0.4) is 0 Å². The largest absolute Gasteiger partial charge is 0.493 e. The van der Waals surface area contributed by atoms with Crippen LogP contribution < -0.4 is 25.4 Å². The Bertz CT molecular complexity index is 369. The Morgan fingerprint density at radius 3 is 2.35 bits per heavy atom. The number of nitrogen functional groups attached to an aromatic ring is 1. The van der Waals surface area contributed by atoms with Gasteiger partial charge in [0, 0.05) is 32.3 Å². The fourth-order valence-corrected chi connectivity index (χ4v) is 1.61. The van der Waals surface area contributed by atoms with Crippen molar-refractivity contribution in [2.24, 2.45) is 0 Å². The van der Waals surface area contributed by atoms with E-state index in [1.165, 1.54) is 0 Å². The molecule has 0 spiro atoms. The Morgan fingerprint density at radius 2 is 1.82 bits per heavy atom. The molecule has 0 unspecified atom stereocenters. The number of benzene rings is 1. The molecule has 0 atom stereocenters. The van der Waals surface area contributed by atoms with Gasteiger partial charge in [0.25, 0.3) is 0 Å². The lowest BCUT2D eigenvalue weighted by molar-refractivity contribution is 0.355. The summed E-state index contributed by atoms with van der Waals surface area (Å²) in [6.07, 6.45) is 0. The fraction of sp³-hybridized carbons (Fsp3) is 0.500. The van der Waals surface area contributed by atoms with E-state index >= 15 is 0 Å². The zero-order valence-corrected chi connectivity index (χ0v) is 10.9. The molecule has 0 radical (unpaired) electrons. The van der Waals surface area contributed by atoms with Gasteiger partial charge in [0.15, 0.2) is 11.5 Å². The number of hydrogen-bond acceptors (Lipinski definition) is 5. The van der Waals surface area contributed by atoms with Gasteiger partial charge in [-0.2, -0.15) is 0 Å². The Balaban J connectivity index is 2.99. The first-order chi connectivity index (χ1) is 8.13. The molecule has 0 saturated carbocycles. The zero-order chi connectivity index (χ0) is 12.8. The SMILES string of the molecule is CNCCN(C)c1cc(OC)c(OC)cc1N. The van der Waals surface area contributed by atoms with Gasteiger partial charge >= 0.3 is 0 Å². The molecule has 17 heavy (non-hydrogen) atoms. The molecule has 0 bridgehead atoms. The first kappa shape index (κ1) is 13.4. The Morgan fingerprint density at radius 1 is 1.24 bits per heavy atom. The summed E-state index contributed by atoms with van der Waals surface area (Å²) in [5, 5.41) is 3.10. The number of nitrogens with two attached hydrogens (primary N) is 1. The molecular formula is C12H21N3O2. The third-order valence-electron chi connectivity index (χ3n) is 2.64. The summed E-state index contributed by atoms with van der Waals surface area (Å²) in [6.45, 7) is 1.76. The first-order valence-electron chi connectivity index (χ1n) is 5.51. The second-order valence-corrected chi connectivity index (χ2v) is 3.79. The van der Waals surface area contributed by atoms with Crippen LogP contribution in [-0.4, -0.2) is 41.4 Å². The van der Waals surface area contributed by atoms with Gasteiger partial charge in [-0.1, -0.05) is 0 Å². The van der Waals surface area contributed by atoms with Gasteiger partial charge in [-0.3, -0.25) is 0 Å². The highest BCUT2D eigenvalue weighted by atomic mass is 16.5. The van der Waals surface area contributed by atoms with Crippen LogP contribution in [0.2, 0.25) is 0 Å². The molecule has 1 aromatic carbocycles. The second-order valence-electron chi connectivity index (χ2n) is 3.79. The lowest BCUT2D eigenvalue weighted by Crippen LogP contribution is -2.27. The van der Waals surface area contributed by atoms with E-state index in [-0.39, 0.29) is 0 Å². The lowest BCUT2D eigenvalue weighted by Gasteiger charge is -2.22. The number of nitrogens with one attached hydrogen (secondary N) is 1. The Hall–Kier alpha value is -1.62. The van der Waals surface area contributed by atoms with Gasteiger partial charge in [0.2, 0.25) is 0 Å². The number of hydrogen-bond donors (Lipinski definition) is 2. The van der Waals surface area contributed by atoms with Crippen molar-refractivity contribution in [1.82, 2.24) is 5.32 Å². The third-order valence-corrected chi connectivity index (χ3v) is 2.64. The maximum atomic E-state index is 6.00.